The van der Waals surface area contributed by atoms with Crippen LogP contribution in [0, 0.1) is 11.8 Å². The van der Waals surface area contributed by atoms with Gasteiger partial charge in [-0.3, -0.25) is 5.41 Å². The van der Waals surface area contributed by atoms with Crippen LogP contribution in [-0.4, -0.2) is 11.6 Å². The van der Waals surface area contributed by atoms with Crippen LogP contribution < -0.4 is 0 Å². The maximum absolute atomic E-state index is 7.29. The molecule has 0 spiro atoms. The molecule has 0 aromatic carbocycles. The third-order valence-corrected chi connectivity index (χ3v) is 1.45. The van der Waals surface area contributed by atoms with Crippen LogP contribution >= 0.6 is 11.6 Å². The van der Waals surface area contributed by atoms with E-state index in [0.717, 1.165) is 5.57 Å². The van der Waals surface area contributed by atoms with Gasteiger partial charge >= 0.3 is 0 Å². The summed E-state index contributed by atoms with van der Waals surface area (Å²) in [6.07, 6.45) is 7.31. The molecule has 0 unspecified atom stereocenters. The highest BCUT2D eigenvalue weighted by Gasteiger charge is 2.12. The Morgan fingerprint density at radius 1 is 1.67 bits per heavy atom. The number of rotatable bonds is 1. The Kier molecular flexibility index (Phi) is 1.96. The molecule has 1 rings (SSSR count). The van der Waals surface area contributed by atoms with Crippen molar-refractivity contribution in [2.45, 2.75) is 0 Å². The van der Waals surface area contributed by atoms with Crippen LogP contribution in [0.3, 0.4) is 0 Å². The summed E-state index contributed by atoms with van der Waals surface area (Å²) >= 11 is 5.51. The van der Waals surface area contributed by atoms with Gasteiger partial charge in [0.15, 0.2) is 5.71 Å². The van der Waals surface area contributed by atoms with Crippen molar-refractivity contribution in [3.05, 3.63) is 30.2 Å². The van der Waals surface area contributed by atoms with Crippen molar-refractivity contribution >= 4 is 17.3 Å². The van der Waals surface area contributed by atoms with Crippen LogP contribution in [0.25, 0.3) is 0 Å². The molecule has 1 nitrogen and oxygen atoms in total. The molecule has 1 aliphatic carbocycles. The van der Waals surface area contributed by atoms with Crippen molar-refractivity contribution in [3.8, 4) is 0 Å². The first-order valence-corrected chi connectivity index (χ1v) is 3.23. The molecule has 0 amide bonds. The van der Waals surface area contributed by atoms with E-state index in [2.05, 4.69) is 0 Å². The lowest BCUT2D eigenvalue weighted by atomic mass is 10.1. The highest BCUT2D eigenvalue weighted by atomic mass is 35.5. The third-order valence-electron chi connectivity index (χ3n) is 1.16. The maximum Gasteiger partial charge on any atom is 0.169 e. The lowest BCUT2D eigenvalue weighted by Crippen LogP contribution is -2.04. The van der Waals surface area contributed by atoms with Crippen molar-refractivity contribution in [2.24, 2.45) is 0 Å². The normalized spacial score (nSPS) is 17.0. The van der Waals surface area contributed by atoms with Crippen LogP contribution in [0.4, 0.5) is 0 Å². The molecule has 2 heteroatoms. The summed E-state index contributed by atoms with van der Waals surface area (Å²) in [4.78, 5) is 0. The molecule has 0 saturated carbocycles. The lowest BCUT2D eigenvalue weighted by Gasteiger charge is -1.95. The van der Waals surface area contributed by atoms with E-state index in [4.69, 9.17) is 17.0 Å². The smallest absolute Gasteiger partial charge is 0.169 e. The second-order valence-electron chi connectivity index (χ2n) is 1.79. The fourth-order valence-electron chi connectivity index (χ4n) is 0.637. The Morgan fingerprint density at radius 3 is 2.89 bits per heavy atom. The minimum atomic E-state index is 0.430. The molecule has 0 aromatic rings. The topological polar surface area (TPSA) is 23.9 Å². The van der Waals surface area contributed by atoms with Gasteiger partial charge in [-0.25, -0.2) is 0 Å². The minimum Gasteiger partial charge on any atom is -0.275 e. The number of hydrogen-bond donors (Lipinski definition) is 1. The van der Waals surface area contributed by atoms with Crippen LogP contribution in [0.15, 0.2) is 23.8 Å². The molecule has 0 heterocycles. The van der Waals surface area contributed by atoms with Crippen molar-refractivity contribution in [1.29, 1.82) is 5.41 Å². The maximum atomic E-state index is 7.29. The van der Waals surface area contributed by atoms with E-state index in [9.17, 15) is 0 Å². The summed E-state index contributed by atoms with van der Waals surface area (Å²) < 4.78 is 0. The molecule has 0 fully saturated rings. The zero-order chi connectivity index (χ0) is 6.69. The van der Waals surface area contributed by atoms with Gasteiger partial charge in [0.1, 0.15) is 0 Å². The van der Waals surface area contributed by atoms with Gasteiger partial charge in [0.25, 0.3) is 0 Å². The molecular formula is C7H7ClN+. The Labute approximate surface area is 59.5 Å². The minimum absolute atomic E-state index is 0.430. The average molecular weight is 141 g/mol. The highest BCUT2D eigenvalue weighted by Crippen LogP contribution is 2.08. The largest absolute Gasteiger partial charge is 0.275 e. The van der Waals surface area contributed by atoms with E-state index >= 15 is 0 Å². The molecule has 1 aliphatic rings. The van der Waals surface area contributed by atoms with Gasteiger partial charge in [0.05, 0.1) is 30.0 Å². The van der Waals surface area contributed by atoms with Gasteiger partial charge in [-0.15, -0.1) is 11.6 Å². The van der Waals surface area contributed by atoms with E-state index in [1.54, 1.807) is 6.42 Å². The third kappa shape index (κ3) is 1.36. The monoisotopic (exact) mass is 140 g/mol. The highest BCUT2D eigenvalue weighted by molar-refractivity contribution is 6.24. The Bertz CT molecular complexity index is 179. The van der Waals surface area contributed by atoms with Crippen LogP contribution in [0.2, 0.25) is 0 Å². The van der Waals surface area contributed by atoms with E-state index in [0.29, 0.717) is 11.6 Å². The van der Waals surface area contributed by atoms with E-state index < -0.39 is 0 Å². The van der Waals surface area contributed by atoms with Gasteiger partial charge in [-0.05, 0) is 0 Å². The number of hydrogen-bond acceptors (Lipinski definition) is 1. The first-order chi connectivity index (χ1) is 4.34. The molecule has 0 aliphatic heterocycles. The summed E-state index contributed by atoms with van der Waals surface area (Å²) in [6.45, 7) is 0. The standard InChI is InChI=1S/C7H7ClN/c8-5-6-3-1-2-4-7(6)9/h1-4,9H,5H2/q+1. The summed E-state index contributed by atoms with van der Waals surface area (Å²) in [5.41, 5.74) is 1.41. The Hall–Kier alpha value is -0.690. The fourth-order valence-corrected chi connectivity index (χ4v) is 0.870. The van der Waals surface area contributed by atoms with Crippen molar-refractivity contribution < 1.29 is 0 Å². The Morgan fingerprint density at radius 2 is 2.44 bits per heavy atom. The van der Waals surface area contributed by atoms with Crippen LogP contribution in [0.1, 0.15) is 0 Å². The number of allylic oxidation sites excluding steroid dienone is 4. The second-order valence-corrected chi connectivity index (χ2v) is 2.06. The SMILES string of the molecule is N=C1[CH+]C=CC=C1CCl. The number of alkyl halides is 1. The predicted molar refractivity (Wildman–Crippen MR) is 40.0 cm³/mol. The first-order valence-electron chi connectivity index (χ1n) is 2.70. The van der Waals surface area contributed by atoms with Crippen molar-refractivity contribution in [1.82, 2.24) is 0 Å². The molecular weight excluding hydrogens is 134 g/mol. The summed E-state index contributed by atoms with van der Waals surface area (Å²) in [5, 5.41) is 7.29. The predicted octanol–water partition coefficient (Wildman–Crippen LogP) is 1.95. The van der Waals surface area contributed by atoms with Crippen molar-refractivity contribution in [2.75, 3.05) is 5.88 Å². The van der Waals surface area contributed by atoms with Gasteiger partial charge in [0.2, 0.25) is 0 Å². The lowest BCUT2D eigenvalue weighted by molar-refractivity contribution is 1.42. The quantitative estimate of drug-likeness (QED) is 0.425. The second kappa shape index (κ2) is 2.74. The molecule has 1 N–H and O–H groups in total. The molecule has 0 aromatic heterocycles. The van der Waals surface area contributed by atoms with Crippen LogP contribution in [-0.2, 0) is 0 Å². The molecule has 0 saturated heterocycles. The zero-order valence-corrected chi connectivity index (χ0v) is 5.65. The average Bonchev–Trinajstić information content (AvgIpc) is 1.89. The van der Waals surface area contributed by atoms with E-state index in [1.807, 2.05) is 18.2 Å². The van der Waals surface area contributed by atoms with Gasteiger partial charge in [-0.1, -0.05) is 0 Å². The molecule has 9 heavy (non-hydrogen) atoms. The molecule has 46 valence electrons. The van der Waals surface area contributed by atoms with E-state index in [-0.39, 0.29) is 0 Å². The summed E-state index contributed by atoms with van der Waals surface area (Å²) in [6, 6.07) is 0. The number of nitrogens with one attached hydrogen (secondary N) is 1. The van der Waals surface area contributed by atoms with Crippen LogP contribution in [0.5, 0.6) is 0 Å². The van der Waals surface area contributed by atoms with E-state index in [1.165, 1.54) is 0 Å². The summed E-state index contributed by atoms with van der Waals surface area (Å²) in [7, 11) is 0. The van der Waals surface area contributed by atoms with Crippen molar-refractivity contribution in [3.63, 3.8) is 0 Å². The van der Waals surface area contributed by atoms with Gasteiger partial charge in [-0.2, -0.15) is 0 Å². The zero-order valence-electron chi connectivity index (χ0n) is 4.89. The first kappa shape index (κ1) is 6.43. The van der Waals surface area contributed by atoms with Gasteiger partial charge in [0, 0.05) is 6.08 Å². The molecule has 0 atom stereocenters. The Balaban J connectivity index is 2.74. The summed E-state index contributed by atoms with van der Waals surface area (Å²) in [5.74, 6) is 0.430. The molecule has 0 bridgehead atoms. The number of halogens is 1. The molecule has 0 radical (unpaired) electrons. The van der Waals surface area contributed by atoms with Gasteiger partial charge < -0.3 is 0 Å². The fraction of sp³-hybridized carbons (Fsp3) is 0.143.